The molecule has 0 amide bonds. The summed E-state index contributed by atoms with van der Waals surface area (Å²) >= 11 is 0. The summed E-state index contributed by atoms with van der Waals surface area (Å²) in [5, 5.41) is 0. The quantitative estimate of drug-likeness (QED) is 0.480. The zero-order valence-corrected chi connectivity index (χ0v) is 5.99. The van der Waals surface area contributed by atoms with E-state index in [0.717, 1.165) is 5.57 Å². The Kier molecular flexibility index (Phi) is 1.32. The molecule has 2 aliphatic carbocycles. The van der Waals surface area contributed by atoms with Crippen molar-refractivity contribution in [1.29, 1.82) is 0 Å². The molecule has 1 fully saturated rings. The number of hydrogen-bond acceptors (Lipinski definition) is 0. The zero-order chi connectivity index (χ0) is 8.06. The largest absolute Gasteiger partial charge is 0.392 e. The van der Waals surface area contributed by atoms with Gasteiger partial charge in [0.05, 0.1) is 5.92 Å². The second kappa shape index (κ2) is 2.02. The predicted octanol–water partition coefficient (Wildman–Crippen LogP) is 2.91. The fourth-order valence-corrected chi connectivity index (χ4v) is 2.13. The summed E-state index contributed by atoms with van der Waals surface area (Å²) in [5.74, 6) is -1.15. The van der Waals surface area contributed by atoms with Gasteiger partial charge in [-0.2, -0.15) is 13.2 Å². The van der Waals surface area contributed by atoms with Crippen LogP contribution in [0.5, 0.6) is 0 Å². The molecule has 2 bridgehead atoms. The molecule has 2 rings (SSSR count). The molecule has 1 saturated carbocycles. The minimum Gasteiger partial charge on any atom is -0.171 e. The summed E-state index contributed by atoms with van der Waals surface area (Å²) in [6.45, 7) is 0. The van der Waals surface area contributed by atoms with Gasteiger partial charge in [0, 0.05) is 0 Å². The maximum atomic E-state index is 12.2. The highest BCUT2D eigenvalue weighted by Gasteiger charge is 2.49. The van der Waals surface area contributed by atoms with Crippen molar-refractivity contribution in [3.63, 3.8) is 0 Å². The lowest BCUT2D eigenvalue weighted by Crippen LogP contribution is -2.26. The number of rotatable bonds is 0. The van der Waals surface area contributed by atoms with Crippen molar-refractivity contribution >= 4 is 0 Å². The van der Waals surface area contributed by atoms with Gasteiger partial charge in [-0.25, -0.2) is 0 Å². The van der Waals surface area contributed by atoms with E-state index in [1.807, 2.05) is 6.08 Å². The zero-order valence-electron chi connectivity index (χ0n) is 5.99. The van der Waals surface area contributed by atoms with Crippen molar-refractivity contribution in [3.8, 4) is 0 Å². The lowest BCUT2D eigenvalue weighted by atomic mass is 9.92. The number of halogens is 3. The highest BCUT2D eigenvalue weighted by Crippen LogP contribution is 2.50. The van der Waals surface area contributed by atoms with E-state index in [0.29, 0.717) is 12.8 Å². The summed E-state index contributed by atoms with van der Waals surface area (Å²) in [7, 11) is 0. The monoisotopic (exact) mass is 162 g/mol. The molecule has 2 atom stereocenters. The molecule has 0 heterocycles. The van der Waals surface area contributed by atoms with Gasteiger partial charge in [0.1, 0.15) is 0 Å². The Morgan fingerprint density at radius 1 is 1.27 bits per heavy atom. The van der Waals surface area contributed by atoms with Crippen LogP contribution < -0.4 is 0 Å². The molecule has 0 radical (unpaired) electrons. The molecule has 2 aliphatic rings. The average molecular weight is 162 g/mol. The van der Waals surface area contributed by atoms with Gasteiger partial charge in [-0.1, -0.05) is 11.6 Å². The summed E-state index contributed by atoms with van der Waals surface area (Å²) in [5.41, 5.74) is 1.03. The van der Waals surface area contributed by atoms with Crippen LogP contribution >= 0.6 is 0 Å². The summed E-state index contributed by atoms with van der Waals surface area (Å²) < 4.78 is 36.6. The van der Waals surface area contributed by atoms with Crippen molar-refractivity contribution in [2.45, 2.75) is 25.4 Å². The van der Waals surface area contributed by atoms with Crippen molar-refractivity contribution in [2.75, 3.05) is 0 Å². The third kappa shape index (κ3) is 1.06. The molecule has 0 aromatic rings. The van der Waals surface area contributed by atoms with E-state index in [2.05, 4.69) is 0 Å². The molecule has 11 heavy (non-hydrogen) atoms. The Bertz CT molecular complexity index is 202. The number of alkyl halides is 3. The SMILES string of the molecule is FC(F)(F)C1CC2=CCC1C2. The Hall–Kier alpha value is -0.470. The summed E-state index contributed by atoms with van der Waals surface area (Å²) in [6.07, 6.45) is -0.370. The van der Waals surface area contributed by atoms with E-state index in [1.165, 1.54) is 0 Å². The molecular weight excluding hydrogens is 153 g/mol. The molecule has 0 spiro atoms. The molecule has 0 aromatic carbocycles. The predicted molar refractivity (Wildman–Crippen MR) is 35.0 cm³/mol. The molecule has 0 aromatic heterocycles. The minimum atomic E-state index is -3.96. The number of allylic oxidation sites excluding steroid dienone is 2. The Morgan fingerprint density at radius 3 is 2.27 bits per heavy atom. The van der Waals surface area contributed by atoms with Crippen LogP contribution in [-0.4, -0.2) is 6.18 Å². The third-order valence-corrected chi connectivity index (χ3v) is 2.71. The van der Waals surface area contributed by atoms with Crippen molar-refractivity contribution in [1.82, 2.24) is 0 Å². The molecule has 2 unspecified atom stereocenters. The highest BCUT2D eigenvalue weighted by atomic mass is 19.4. The van der Waals surface area contributed by atoms with Crippen molar-refractivity contribution in [3.05, 3.63) is 11.6 Å². The molecule has 0 N–H and O–H groups in total. The summed E-state index contributed by atoms with van der Waals surface area (Å²) in [4.78, 5) is 0. The third-order valence-electron chi connectivity index (χ3n) is 2.71. The molecular formula is C8H9F3. The molecule has 0 aliphatic heterocycles. The minimum absolute atomic E-state index is 0.120. The van der Waals surface area contributed by atoms with Crippen molar-refractivity contribution in [2.24, 2.45) is 11.8 Å². The lowest BCUT2D eigenvalue weighted by Gasteiger charge is -2.21. The Morgan fingerprint density at radius 2 is 2.00 bits per heavy atom. The van der Waals surface area contributed by atoms with Crippen LogP contribution in [0.25, 0.3) is 0 Å². The standard InChI is InChI=1S/C8H9F3/c9-8(10,11)7-4-5-1-2-6(7)3-5/h1,6-7H,2-4H2. The van der Waals surface area contributed by atoms with E-state index < -0.39 is 12.1 Å². The normalized spacial score (nSPS) is 36.1. The van der Waals surface area contributed by atoms with E-state index in [9.17, 15) is 13.2 Å². The van der Waals surface area contributed by atoms with Gasteiger partial charge in [-0.05, 0) is 25.2 Å². The van der Waals surface area contributed by atoms with Gasteiger partial charge in [0.15, 0.2) is 0 Å². The van der Waals surface area contributed by atoms with Crippen LogP contribution in [0.1, 0.15) is 19.3 Å². The molecule has 0 saturated heterocycles. The topological polar surface area (TPSA) is 0 Å². The van der Waals surface area contributed by atoms with Gasteiger partial charge >= 0.3 is 6.18 Å². The number of hydrogen-bond donors (Lipinski definition) is 0. The first kappa shape index (κ1) is 7.19. The van der Waals surface area contributed by atoms with Crippen LogP contribution in [0.2, 0.25) is 0 Å². The highest BCUT2D eigenvalue weighted by molar-refractivity contribution is 5.19. The molecule has 62 valence electrons. The first-order valence-corrected chi connectivity index (χ1v) is 3.82. The lowest BCUT2D eigenvalue weighted by molar-refractivity contribution is -0.183. The first-order chi connectivity index (χ1) is 5.07. The van der Waals surface area contributed by atoms with E-state index in [4.69, 9.17) is 0 Å². The Balaban J connectivity index is 2.15. The second-order valence-electron chi connectivity index (χ2n) is 3.41. The van der Waals surface area contributed by atoms with Gasteiger partial charge in [-0.3, -0.25) is 0 Å². The smallest absolute Gasteiger partial charge is 0.171 e. The van der Waals surface area contributed by atoms with Crippen LogP contribution in [0, 0.1) is 11.8 Å². The maximum absolute atomic E-state index is 12.2. The number of fused-ring (bicyclic) bond motifs is 2. The van der Waals surface area contributed by atoms with Gasteiger partial charge in [-0.15, -0.1) is 0 Å². The molecule has 3 heteroatoms. The first-order valence-electron chi connectivity index (χ1n) is 3.82. The van der Waals surface area contributed by atoms with Crippen LogP contribution in [0.15, 0.2) is 11.6 Å². The van der Waals surface area contributed by atoms with E-state index in [1.54, 1.807) is 0 Å². The fraction of sp³-hybridized carbons (Fsp3) is 0.750. The maximum Gasteiger partial charge on any atom is 0.392 e. The van der Waals surface area contributed by atoms with E-state index >= 15 is 0 Å². The van der Waals surface area contributed by atoms with Crippen LogP contribution in [0.4, 0.5) is 13.2 Å². The van der Waals surface area contributed by atoms with Crippen LogP contribution in [-0.2, 0) is 0 Å². The van der Waals surface area contributed by atoms with Gasteiger partial charge in [0.2, 0.25) is 0 Å². The average Bonchev–Trinajstić information content (AvgIpc) is 2.42. The second-order valence-corrected chi connectivity index (χ2v) is 3.41. The fourth-order valence-electron chi connectivity index (χ4n) is 2.13. The van der Waals surface area contributed by atoms with E-state index in [-0.39, 0.29) is 12.3 Å². The Labute approximate surface area is 63.1 Å². The van der Waals surface area contributed by atoms with Crippen LogP contribution in [0.3, 0.4) is 0 Å². The summed E-state index contributed by atoms with van der Waals surface area (Å²) in [6, 6.07) is 0. The van der Waals surface area contributed by atoms with Crippen molar-refractivity contribution < 1.29 is 13.2 Å². The van der Waals surface area contributed by atoms with Gasteiger partial charge in [0.25, 0.3) is 0 Å². The van der Waals surface area contributed by atoms with Gasteiger partial charge < -0.3 is 0 Å². The molecule has 0 nitrogen and oxygen atoms in total.